The van der Waals surface area contributed by atoms with Crippen molar-refractivity contribution in [2.45, 2.75) is 18.9 Å². The summed E-state index contributed by atoms with van der Waals surface area (Å²) in [6.07, 6.45) is 6.05. The molecule has 3 heterocycles. The van der Waals surface area contributed by atoms with Gasteiger partial charge in [0.25, 0.3) is 0 Å². The quantitative estimate of drug-likeness (QED) is 0.326. The third-order valence-corrected chi connectivity index (χ3v) is 7.58. The molecule has 2 saturated heterocycles. The van der Waals surface area contributed by atoms with Crippen LogP contribution in [-0.2, 0) is 4.74 Å². The maximum atomic E-state index is 6.37. The zero-order chi connectivity index (χ0) is 25.6. The van der Waals surface area contributed by atoms with E-state index in [-0.39, 0.29) is 6.10 Å². The smallest absolute Gasteiger partial charge is 0.227 e. The molecule has 0 amide bonds. The first-order chi connectivity index (χ1) is 18.1. The average molecular weight is 523 g/mol. The van der Waals surface area contributed by atoms with Gasteiger partial charge in [0.05, 0.1) is 37.4 Å². The molecule has 0 saturated carbocycles. The number of methoxy groups -OCH3 is 1. The van der Waals surface area contributed by atoms with Crippen LogP contribution in [-0.4, -0.2) is 73.1 Å². The van der Waals surface area contributed by atoms with Crippen molar-refractivity contribution >= 4 is 35.0 Å². The van der Waals surface area contributed by atoms with E-state index >= 15 is 0 Å². The summed E-state index contributed by atoms with van der Waals surface area (Å²) >= 11 is 1.79. The Morgan fingerprint density at radius 3 is 2.57 bits per heavy atom. The molecule has 0 radical (unpaired) electrons. The van der Waals surface area contributed by atoms with Crippen molar-refractivity contribution < 1.29 is 14.2 Å². The molecule has 2 aromatic carbocycles. The molecule has 0 unspecified atom stereocenters. The number of hydrogen-bond acceptors (Lipinski definition) is 10. The van der Waals surface area contributed by atoms with E-state index in [1.807, 2.05) is 36.4 Å². The van der Waals surface area contributed by atoms with Crippen LogP contribution < -0.4 is 25.4 Å². The average Bonchev–Trinajstić information content (AvgIpc) is 2.95. The molecule has 9 nitrogen and oxygen atoms in total. The summed E-state index contributed by atoms with van der Waals surface area (Å²) in [5, 5.41) is 3.30. The first kappa shape index (κ1) is 25.4. The van der Waals surface area contributed by atoms with Crippen molar-refractivity contribution in [2.75, 3.05) is 68.7 Å². The summed E-state index contributed by atoms with van der Waals surface area (Å²) in [4.78, 5) is 11.4. The second-order valence-corrected chi connectivity index (χ2v) is 9.94. The number of nitrogens with two attached hydrogens (primary N) is 1. The second kappa shape index (κ2) is 11.9. The third-order valence-electron chi connectivity index (χ3n) is 6.70. The van der Waals surface area contributed by atoms with E-state index in [0.717, 1.165) is 86.4 Å². The Kier molecular flexibility index (Phi) is 8.18. The minimum absolute atomic E-state index is 0.193. The number of anilines is 4. The standard InChI is InChI=1S/C27H34N6O3S/c1-34-26-18-20(4-5-24(26)32-13-15-35-16-14-32)30-27-29-10-7-23(31-27)19-3-6-25(22(28)17-19)36-21-8-11-33(37-2)12-9-21/h3-7,10,17-18,21H,8-9,11-16,28H2,1-2H3,(H,29,30,31). The van der Waals surface area contributed by atoms with Crippen LogP contribution in [0.1, 0.15) is 12.8 Å². The SMILES string of the molecule is COc1cc(Nc2nccc(-c3ccc(OC4CCN(SC)CC4)c(N)c3)n2)ccc1N1CCOCC1. The highest BCUT2D eigenvalue weighted by Crippen LogP contribution is 2.33. The van der Waals surface area contributed by atoms with Crippen molar-refractivity contribution in [3.05, 3.63) is 48.7 Å². The number of nitrogens with zero attached hydrogens (tertiary/aromatic N) is 4. The largest absolute Gasteiger partial charge is 0.495 e. The molecule has 2 fully saturated rings. The zero-order valence-electron chi connectivity index (χ0n) is 21.4. The lowest BCUT2D eigenvalue weighted by atomic mass is 10.1. The predicted molar refractivity (Wildman–Crippen MR) is 150 cm³/mol. The molecule has 196 valence electrons. The number of ether oxygens (including phenoxy) is 3. The molecule has 10 heteroatoms. The monoisotopic (exact) mass is 522 g/mol. The summed E-state index contributed by atoms with van der Waals surface area (Å²) in [6.45, 7) is 5.19. The number of benzene rings is 2. The van der Waals surface area contributed by atoms with E-state index in [9.17, 15) is 0 Å². The lowest BCUT2D eigenvalue weighted by Gasteiger charge is -2.30. The van der Waals surface area contributed by atoms with Gasteiger partial charge in [-0.2, -0.15) is 0 Å². The number of nitrogens with one attached hydrogen (secondary N) is 1. The molecular formula is C27H34N6O3S. The van der Waals surface area contributed by atoms with Gasteiger partial charge in [0, 0.05) is 49.7 Å². The van der Waals surface area contributed by atoms with Gasteiger partial charge in [0.2, 0.25) is 5.95 Å². The van der Waals surface area contributed by atoms with Crippen LogP contribution in [0, 0.1) is 0 Å². The van der Waals surface area contributed by atoms with E-state index in [1.54, 1.807) is 25.3 Å². The fourth-order valence-corrected chi connectivity index (χ4v) is 5.23. The molecule has 3 N–H and O–H groups in total. The van der Waals surface area contributed by atoms with Gasteiger partial charge in [-0.15, -0.1) is 0 Å². The topological polar surface area (TPSA) is 98.0 Å². The minimum Gasteiger partial charge on any atom is -0.495 e. The van der Waals surface area contributed by atoms with Gasteiger partial charge in [-0.25, -0.2) is 9.97 Å². The van der Waals surface area contributed by atoms with Gasteiger partial charge >= 0.3 is 0 Å². The highest BCUT2D eigenvalue weighted by molar-refractivity contribution is 7.96. The molecule has 1 aromatic heterocycles. The molecule has 5 rings (SSSR count). The summed E-state index contributed by atoms with van der Waals surface area (Å²) in [7, 11) is 1.69. The van der Waals surface area contributed by atoms with Crippen LogP contribution >= 0.6 is 11.9 Å². The minimum atomic E-state index is 0.193. The van der Waals surface area contributed by atoms with Gasteiger partial charge in [-0.1, -0.05) is 11.9 Å². The van der Waals surface area contributed by atoms with Gasteiger partial charge < -0.3 is 30.2 Å². The summed E-state index contributed by atoms with van der Waals surface area (Å²) in [5.41, 5.74) is 10.6. The van der Waals surface area contributed by atoms with Gasteiger partial charge in [0.1, 0.15) is 17.6 Å². The molecule has 2 aliphatic rings. The molecule has 0 atom stereocenters. The maximum absolute atomic E-state index is 6.37. The molecule has 37 heavy (non-hydrogen) atoms. The third kappa shape index (κ3) is 6.20. The molecule has 0 bridgehead atoms. The zero-order valence-corrected chi connectivity index (χ0v) is 22.2. The number of rotatable bonds is 8. The number of morpholine rings is 1. The van der Waals surface area contributed by atoms with E-state index in [1.165, 1.54) is 0 Å². The highest BCUT2D eigenvalue weighted by Gasteiger charge is 2.21. The van der Waals surface area contributed by atoms with E-state index in [4.69, 9.17) is 24.9 Å². The Morgan fingerprint density at radius 1 is 1.03 bits per heavy atom. The summed E-state index contributed by atoms with van der Waals surface area (Å²) in [5.74, 6) is 2.02. The predicted octanol–water partition coefficient (Wildman–Crippen LogP) is 4.44. The van der Waals surface area contributed by atoms with Crippen molar-refractivity contribution in [1.29, 1.82) is 0 Å². The number of aromatic nitrogens is 2. The first-order valence-corrected chi connectivity index (χ1v) is 13.8. The molecule has 0 spiro atoms. The van der Waals surface area contributed by atoms with E-state index in [2.05, 4.69) is 31.8 Å². The Bertz CT molecular complexity index is 1200. The van der Waals surface area contributed by atoms with Gasteiger partial charge in [-0.3, -0.25) is 4.31 Å². The fraction of sp³-hybridized carbons (Fsp3) is 0.407. The van der Waals surface area contributed by atoms with E-state index in [0.29, 0.717) is 11.6 Å². The van der Waals surface area contributed by atoms with Crippen molar-refractivity contribution in [1.82, 2.24) is 14.3 Å². The van der Waals surface area contributed by atoms with Crippen molar-refractivity contribution in [3.63, 3.8) is 0 Å². The normalized spacial score (nSPS) is 17.0. The molecule has 3 aromatic rings. The number of nitrogen functional groups attached to an aromatic ring is 1. The van der Waals surface area contributed by atoms with Crippen LogP contribution in [0.2, 0.25) is 0 Å². The molecule has 0 aliphatic carbocycles. The van der Waals surface area contributed by atoms with Crippen LogP contribution in [0.25, 0.3) is 11.3 Å². The second-order valence-electron chi connectivity index (χ2n) is 9.06. The van der Waals surface area contributed by atoms with Crippen LogP contribution in [0.15, 0.2) is 48.7 Å². The van der Waals surface area contributed by atoms with Crippen LogP contribution in [0.4, 0.5) is 23.0 Å². The maximum Gasteiger partial charge on any atom is 0.227 e. The Balaban J connectivity index is 1.27. The first-order valence-electron chi connectivity index (χ1n) is 12.6. The van der Waals surface area contributed by atoms with Crippen LogP contribution in [0.3, 0.4) is 0 Å². The Hall–Kier alpha value is -3.21. The highest BCUT2D eigenvalue weighted by atomic mass is 32.2. The van der Waals surface area contributed by atoms with E-state index < -0.39 is 0 Å². The number of hydrogen-bond donors (Lipinski definition) is 2. The van der Waals surface area contributed by atoms with Crippen molar-refractivity contribution in [3.8, 4) is 22.8 Å². The van der Waals surface area contributed by atoms with Gasteiger partial charge in [-0.05, 0) is 55.5 Å². The molecule has 2 aliphatic heterocycles. The van der Waals surface area contributed by atoms with Crippen LogP contribution in [0.5, 0.6) is 11.5 Å². The fourth-order valence-electron chi connectivity index (χ4n) is 4.66. The Morgan fingerprint density at radius 2 is 1.84 bits per heavy atom. The number of piperidine rings is 1. The summed E-state index contributed by atoms with van der Waals surface area (Å²) in [6, 6.07) is 13.8. The Labute approximate surface area is 222 Å². The van der Waals surface area contributed by atoms with Crippen molar-refractivity contribution in [2.24, 2.45) is 0 Å². The lowest BCUT2D eigenvalue weighted by molar-refractivity contribution is 0.122. The molecular weight excluding hydrogens is 488 g/mol. The van der Waals surface area contributed by atoms with Gasteiger partial charge in [0.15, 0.2) is 0 Å². The lowest BCUT2D eigenvalue weighted by Crippen LogP contribution is -2.36. The summed E-state index contributed by atoms with van der Waals surface area (Å²) < 4.78 is 19.7.